The molecule has 1 aliphatic carbocycles. The van der Waals surface area contributed by atoms with E-state index < -0.39 is 0 Å². The summed E-state index contributed by atoms with van der Waals surface area (Å²) in [7, 11) is 1.73. The molecule has 1 aromatic heterocycles. The van der Waals surface area contributed by atoms with Crippen molar-refractivity contribution in [1.29, 1.82) is 0 Å². The summed E-state index contributed by atoms with van der Waals surface area (Å²) in [5.41, 5.74) is 8.90. The molecule has 0 spiro atoms. The molecule has 7 atom stereocenters. The fraction of sp³-hybridized carbons (Fsp3) is 0.586. The Kier molecular flexibility index (Phi) is 7.33. The number of methoxy groups -OCH3 is 1. The number of pyridine rings is 1. The van der Waals surface area contributed by atoms with Crippen LogP contribution in [0.4, 0.5) is 0 Å². The van der Waals surface area contributed by atoms with Gasteiger partial charge >= 0.3 is 0 Å². The molecule has 4 fully saturated rings. The first-order valence-corrected chi connectivity index (χ1v) is 13.5. The van der Waals surface area contributed by atoms with Crippen molar-refractivity contribution < 1.29 is 4.74 Å². The summed E-state index contributed by atoms with van der Waals surface area (Å²) in [5, 5.41) is 1.20. The van der Waals surface area contributed by atoms with Gasteiger partial charge in [0.2, 0.25) is 0 Å². The van der Waals surface area contributed by atoms with Crippen molar-refractivity contribution in [3.05, 3.63) is 48.7 Å². The number of hydrogen-bond donors (Lipinski definition) is 1. The molecule has 4 heterocycles. The van der Waals surface area contributed by atoms with E-state index in [9.17, 15) is 0 Å². The molecule has 182 valence electrons. The van der Waals surface area contributed by atoms with Crippen molar-refractivity contribution in [2.75, 3.05) is 20.2 Å². The smallest absolute Gasteiger partial charge is 0.119 e. The average Bonchev–Trinajstić information content (AvgIpc) is 2.88. The van der Waals surface area contributed by atoms with Gasteiger partial charge in [-0.15, -0.1) is 6.58 Å². The molecule has 5 heteroatoms. The maximum Gasteiger partial charge on any atom is 0.119 e. The first-order chi connectivity index (χ1) is 16.6. The van der Waals surface area contributed by atoms with Crippen LogP contribution in [0.15, 0.2) is 43.1 Å². The highest BCUT2D eigenvalue weighted by Gasteiger charge is 2.43. The zero-order valence-electron chi connectivity index (χ0n) is 20.5. The van der Waals surface area contributed by atoms with Crippen LogP contribution in [0.25, 0.3) is 10.9 Å². The summed E-state index contributed by atoms with van der Waals surface area (Å²) in [5.74, 6) is 3.14. The molecule has 2 aromatic rings. The molecule has 3 aliphatic heterocycles. The van der Waals surface area contributed by atoms with E-state index in [1.807, 2.05) is 12.3 Å². The number of rotatable bonds is 8. The normalized spacial score (nSPS) is 31.8. The van der Waals surface area contributed by atoms with Crippen molar-refractivity contribution in [3.8, 4) is 5.75 Å². The number of fused-ring (bicyclic) bond motifs is 4. The van der Waals surface area contributed by atoms with Crippen molar-refractivity contribution in [2.45, 2.75) is 69.4 Å². The van der Waals surface area contributed by atoms with Gasteiger partial charge in [0.15, 0.2) is 0 Å². The lowest BCUT2D eigenvalue weighted by Crippen LogP contribution is -2.55. The molecule has 0 radical (unpaired) electrons. The number of thiocarbonyl (C=S) groups is 1. The van der Waals surface area contributed by atoms with Crippen LogP contribution in [-0.4, -0.2) is 47.0 Å². The van der Waals surface area contributed by atoms with Gasteiger partial charge in [0.05, 0.1) is 12.6 Å². The van der Waals surface area contributed by atoms with Gasteiger partial charge in [-0.25, -0.2) is 0 Å². The van der Waals surface area contributed by atoms with Crippen molar-refractivity contribution in [3.63, 3.8) is 0 Å². The Morgan fingerprint density at radius 3 is 2.88 bits per heavy atom. The Labute approximate surface area is 209 Å². The maximum absolute atomic E-state index is 6.50. The van der Waals surface area contributed by atoms with E-state index in [1.165, 1.54) is 54.5 Å². The van der Waals surface area contributed by atoms with E-state index in [2.05, 4.69) is 40.7 Å². The lowest BCUT2D eigenvalue weighted by atomic mass is 9.70. The van der Waals surface area contributed by atoms with E-state index in [0.717, 1.165) is 43.0 Å². The van der Waals surface area contributed by atoms with Crippen molar-refractivity contribution >= 4 is 28.0 Å². The topological polar surface area (TPSA) is 51.4 Å². The number of nitrogens with zero attached hydrogens (tertiary/aromatic N) is 2. The second kappa shape index (κ2) is 10.4. The zero-order valence-corrected chi connectivity index (χ0v) is 21.3. The molecule has 34 heavy (non-hydrogen) atoms. The quantitative estimate of drug-likeness (QED) is 0.379. The largest absolute Gasteiger partial charge is 0.497 e. The molecule has 3 unspecified atom stereocenters. The minimum absolute atomic E-state index is 0.305. The predicted octanol–water partition coefficient (Wildman–Crippen LogP) is 5.89. The first-order valence-electron chi connectivity index (χ1n) is 13.1. The third-order valence-corrected chi connectivity index (χ3v) is 9.24. The van der Waals surface area contributed by atoms with Gasteiger partial charge in [-0.3, -0.25) is 9.88 Å². The SMILES string of the molecule is C=CC1CN2CCC1C[C@@H]2[C@H](CC(=S)C[C@@H]1CCCC[C@H]1N)c1ccnc2ccc(OC)cc12. The lowest BCUT2D eigenvalue weighted by molar-refractivity contribution is 0.00759. The fourth-order valence-electron chi connectivity index (χ4n) is 6.96. The highest BCUT2D eigenvalue weighted by molar-refractivity contribution is 7.80. The average molecular weight is 478 g/mol. The molecule has 4 aliphatic rings. The lowest BCUT2D eigenvalue weighted by Gasteiger charge is -2.52. The first kappa shape index (κ1) is 23.9. The minimum Gasteiger partial charge on any atom is -0.497 e. The molecule has 2 bridgehead atoms. The van der Waals surface area contributed by atoms with Gasteiger partial charge in [0, 0.05) is 36.1 Å². The molecule has 1 aromatic carbocycles. The van der Waals surface area contributed by atoms with Gasteiger partial charge in [0.25, 0.3) is 0 Å². The molecule has 1 saturated carbocycles. The second-order valence-corrected chi connectivity index (χ2v) is 11.4. The molecular formula is C29H39N3OS. The Morgan fingerprint density at radius 1 is 1.29 bits per heavy atom. The van der Waals surface area contributed by atoms with Crippen LogP contribution in [0, 0.1) is 17.8 Å². The highest BCUT2D eigenvalue weighted by atomic mass is 32.1. The summed E-state index contributed by atoms with van der Waals surface area (Å²) in [6.45, 7) is 6.44. The van der Waals surface area contributed by atoms with Gasteiger partial charge in [-0.2, -0.15) is 0 Å². The maximum atomic E-state index is 6.50. The Hall–Kier alpha value is -1.82. The standard InChI is InChI=1S/C29H39N3OS/c1-3-19-18-32-13-11-20(19)15-29(32)26(17-23(34)14-21-6-4-5-7-27(21)30)24-10-12-31-28-9-8-22(33-2)16-25(24)28/h3,8-10,12,16,19-21,26-27,29H,1,4-7,11,13-15,17-18,30H2,2H3/t19?,20?,21-,26+,27+,29+/m0/s1. The number of benzene rings is 1. The van der Waals surface area contributed by atoms with Crippen LogP contribution in [0.1, 0.15) is 62.8 Å². The van der Waals surface area contributed by atoms with Gasteiger partial charge < -0.3 is 10.5 Å². The van der Waals surface area contributed by atoms with E-state index in [0.29, 0.717) is 29.8 Å². The van der Waals surface area contributed by atoms with Gasteiger partial charge in [-0.05, 0) is 97.5 Å². The third kappa shape index (κ3) is 4.80. The summed E-state index contributed by atoms with van der Waals surface area (Å²) in [4.78, 5) is 8.59. The number of aromatic nitrogens is 1. The molecule has 0 amide bonds. The number of hydrogen-bond acceptors (Lipinski definition) is 5. The van der Waals surface area contributed by atoms with Gasteiger partial charge in [-0.1, -0.05) is 31.1 Å². The summed E-state index contributed by atoms with van der Waals surface area (Å²) in [6.07, 6.45) is 13.5. The van der Waals surface area contributed by atoms with E-state index in [-0.39, 0.29) is 0 Å². The van der Waals surface area contributed by atoms with Crippen LogP contribution >= 0.6 is 12.2 Å². The van der Waals surface area contributed by atoms with Crippen LogP contribution in [0.2, 0.25) is 0 Å². The van der Waals surface area contributed by atoms with Gasteiger partial charge in [0.1, 0.15) is 5.75 Å². The van der Waals surface area contributed by atoms with E-state index in [4.69, 9.17) is 22.7 Å². The molecular weight excluding hydrogens is 438 g/mol. The van der Waals surface area contributed by atoms with Crippen LogP contribution in [-0.2, 0) is 0 Å². The van der Waals surface area contributed by atoms with E-state index >= 15 is 0 Å². The van der Waals surface area contributed by atoms with Crippen LogP contribution < -0.4 is 10.5 Å². The zero-order chi connectivity index (χ0) is 23.7. The molecule has 3 saturated heterocycles. The van der Waals surface area contributed by atoms with Crippen molar-refractivity contribution in [2.24, 2.45) is 23.5 Å². The van der Waals surface area contributed by atoms with Crippen LogP contribution in [0.5, 0.6) is 5.75 Å². The monoisotopic (exact) mass is 477 g/mol. The predicted molar refractivity (Wildman–Crippen MR) is 145 cm³/mol. The van der Waals surface area contributed by atoms with E-state index in [1.54, 1.807) is 7.11 Å². The van der Waals surface area contributed by atoms with Crippen molar-refractivity contribution in [1.82, 2.24) is 9.88 Å². The summed E-state index contributed by atoms with van der Waals surface area (Å²) < 4.78 is 5.58. The summed E-state index contributed by atoms with van der Waals surface area (Å²) >= 11 is 6.11. The number of piperidine rings is 3. The molecule has 6 rings (SSSR count). The Morgan fingerprint density at radius 2 is 2.15 bits per heavy atom. The minimum atomic E-state index is 0.305. The second-order valence-electron chi connectivity index (χ2n) is 10.8. The molecule has 4 nitrogen and oxygen atoms in total. The number of nitrogens with two attached hydrogens (primary N) is 1. The highest BCUT2D eigenvalue weighted by Crippen LogP contribution is 2.45. The fourth-order valence-corrected chi connectivity index (χ4v) is 7.35. The summed E-state index contributed by atoms with van der Waals surface area (Å²) in [6, 6.07) is 9.28. The number of ether oxygens (including phenoxy) is 1. The Balaban J connectivity index is 1.47. The molecule has 2 N–H and O–H groups in total. The van der Waals surface area contributed by atoms with Crippen LogP contribution in [0.3, 0.4) is 0 Å². The third-order valence-electron chi connectivity index (χ3n) is 8.91. The Bertz CT molecular complexity index is 1040.